The molecule has 0 rings (SSSR count). The molecule has 368 valence electrons. The predicted molar refractivity (Wildman–Crippen MR) is 263 cm³/mol. The van der Waals surface area contributed by atoms with E-state index in [1.54, 1.807) is 0 Å². The Balaban J connectivity index is 4.31. The van der Waals surface area contributed by atoms with Crippen LogP contribution in [0.25, 0.3) is 0 Å². The van der Waals surface area contributed by atoms with E-state index in [0.29, 0.717) is 17.4 Å². The van der Waals surface area contributed by atoms with Crippen molar-refractivity contribution < 1.29 is 42.9 Å². The third kappa shape index (κ3) is 47.3. The minimum Gasteiger partial charge on any atom is -0.477 e. The molecule has 0 aliphatic rings. The van der Waals surface area contributed by atoms with Crippen molar-refractivity contribution in [1.29, 1.82) is 0 Å². The second-order valence-electron chi connectivity index (χ2n) is 18.8. The van der Waals surface area contributed by atoms with E-state index in [0.717, 1.165) is 64.2 Å². The topological polar surface area (TPSA) is 108 Å². The van der Waals surface area contributed by atoms with Crippen molar-refractivity contribution in [3.63, 3.8) is 0 Å². The van der Waals surface area contributed by atoms with Gasteiger partial charge in [-0.2, -0.15) is 0 Å². The van der Waals surface area contributed by atoms with Gasteiger partial charge in [0.1, 0.15) is 13.2 Å². The summed E-state index contributed by atoms with van der Waals surface area (Å²) in [5.41, 5.74) is 0. The Morgan fingerprint density at radius 2 is 0.857 bits per heavy atom. The lowest BCUT2D eigenvalue weighted by molar-refractivity contribution is -0.870. The first-order valence-electron chi connectivity index (χ1n) is 26.2. The molecule has 0 aliphatic carbocycles. The largest absolute Gasteiger partial charge is 0.477 e. The molecule has 0 aromatic heterocycles. The molecule has 9 heteroatoms. The summed E-state index contributed by atoms with van der Waals surface area (Å²) in [6, 6.07) is 0. The maximum atomic E-state index is 12.8. The van der Waals surface area contributed by atoms with Gasteiger partial charge in [0.25, 0.3) is 6.29 Å². The Hall–Kier alpha value is -2.49. The fourth-order valence-corrected chi connectivity index (χ4v) is 7.27. The molecular weight excluding hydrogens is 791 g/mol. The SMILES string of the molecule is CCCCCCC/C=C\C/C=C\CCCCCCCCCCCCCC(=O)OC(COC(=O)CCCCCCC/C=C\CCCCCCCC)COC(OCC[N+](C)(C)C)C(=O)O. The van der Waals surface area contributed by atoms with Crippen molar-refractivity contribution in [3.8, 4) is 0 Å². The monoisotopic (exact) mass is 891 g/mol. The van der Waals surface area contributed by atoms with Gasteiger partial charge in [-0.25, -0.2) is 4.79 Å². The highest BCUT2D eigenvalue weighted by molar-refractivity contribution is 5.71. The Bertz CT molecular complexity index is 1130. The van der Waals surface area contributed by atoms with E-state index in [9.17, 15) is 19.5 Å². The normalized spacial score (nSPS) is 13.1. The average molecular weight is 891 g/mol. The highest BCUT2D eigenvalue weighted by atomic mass is 16.7. The summed E-state index contributed by atoms with van der Waals surface area (Å²) in [5.74, 6) is -2.01. The molecule has 0 aromatic rings. The zero-order chi connectivity index (χ0) is 46.3. The lowest BCUT2D eigenvalue weighted by atomic mass is 10.0. The van der Waals surface area contributed by atoms with E-state index in [1.807, 2.05) is 21.1 Å². The van der Waals surface area contributed by atoms with Crippen molar-refractivity contribution in [1.82, 2.24) is 0 Å². The van der Waals surface area contributed by atoms with Gasteiger partial charge in [0, 0.05) is 12.8 Å². The molecule has 2 atom stereocenters. The zero-order valence-corrected chi connectivity index (χ0v) is 41.7. The molecular formula is C54H100NO8+. The second-order valence-corrected chi connectivity index (χ2v) is 18.8. The predicted octanol–water partition coefficient (Wildman–Crippen LogP) is 14.6. The molecule has 0 radical (unpaired) electrons. The average Bonchev–Trinajstić information content (AvgIpc) is 3.24. The number of aliphatic carboxylic acids is 1. The smallest absolute Gasteiger partial charge is 0.361 e. The molecule has 0 amide bonds. The highest BCUT2D eigenvalue weighted by Crippen LogP contribution is 2.15. The van der Waals surface area contributed by atoms with Crippen molar-refractivity contribution in [2.75, 3.05) is 47.5 Å². The minimum absolute atomic E-state index is 0.185. The van der Waals surface area contributed by atoms with Gasteiger partial charge in [-0.05, 0) is 70.6 Å². The number of hydrogen-bond acceptors (Lipinski definition) is 7. The molecule has 0 fully saturated rings. The minimum atomic E-state index is -1.51. The first-order valence-corrected chi connectivity index (χ1v) is 26.2. The third-order valence-electron chi connectivity index (χ3n) is 11.4. The van der Waals surface area contributed by atoms with Crippen molar-refractivity contribution in [2.45, 2.75) is 245 Å². The molecule has 9 nitrogen and oxygen atoms in total. The fourth-order valence-electron chi connectivity index (χ4n) is 7.27. The lowest BCUT2D eigenvalue weighted by Crippen LogP contribution is -2.40. The van der Waals surface area contributed by atoms with Crippen LogP contribution in [0, 0.1) is 0 Å². The number of esters is 2. The van der Waals surface area contributed by atoms with E-state index < -0.39 is 24.3 Å². The number of quaternary nitrogens is 1. The molecule has 0 saturated heterocycles. The second kappa shape index (κ2) is 46.1. The van der Waals surface area contributed by atoms with Crippen molar-refractivity contribution >= 4 is 17.9 Å². The van der Waals surface area contributed by atoms with Crippen LogP contribution in [0.2, 0.25) is 0 Å². The Labute approximate surface area is 388 Å². The van der Waals surface area contributed by atoms with Crippen LogP contribution in [-0.4, -0.2) is 87.4 Å². The number of carboxylic acid groups (broad SMARTS) is 1. The molecule has 63 heavy (non-hydrogen) atoms. The van der Waals surface area contributed by atoms with Crippen LogP contribution in [0.4, 0.5) is 0 Å². The first kappa shape index (κ1) is 60.5. The van der Waals surface area contributed by atoms with E-state index in [1.165, 1.54) is 141 Å². The maximum Gasteiger partial charge on any atom is 0.361 e. The third-order valence-corrected chi connectivity index (χ3v) is 11.4. The number of carbonyl (C=O) groups excluding carboxylic acids is 2. The standard InChI is InChI=1S/C54H99NO8/c1-6-8-10-12-14-16-18-20-22-23-24-25-26-27-28-29-31-33-35-37-39-41-43-45-52(57)63-50(49-62-54(53(58)59)60-47-46-55(3,4)5)48-61-51(56)44-42-40-38-36-34-32-30-21-19-17-15-13-11-9-7-2/h18,20-21,23-24,30,50,54H,6-17,19,22,25-29,31-49H2,1-5H3/p+1/b20-18-,24-23-,30-21-. The van der Waals surface area contributed by atoms with Crippen molar-refractivity contribution in [2.24, 2.45) is 0 Å². The number of likely N-dealkylation sites (N-methyl/N-ethyl adjacent to an activating group) is 1. The van der Waals surface area contributed by atoms with Gasteiger partial charge in [-0.3, -0.25) is 9.59 Å². The number of nitrogens with zero attached hydrogens (tertiary/aromatic N) is 1. The zero-order valence-electron chi connectivity index (χ0n) is 41.7. The van der Waals surface area contributed by atoms with Gasteiger partial charge in [0.15, 0.2) is 6.10 Å². The summed E-state index contributed by atoms with van der Waals surface area (Å²) in [6.07, 6.45) is 50.6. The number of carboxylic acids is 1. The number of rotatable bonds is 48. The van der Waals surface area contributed by atoms with E-state index in [2.05, 4.69) is 50.3 Å². The van der Waals surface area contributed by atoms with E-state index in [4.69, 9.17) is 18.9 Å². The first-order chi connectivity index (χ1) is 30.6. The summed E-state index contributed by atoms with van der Waals surface area (Å²) < 4.78 is 22.8. The molecule has 0 saturated carbocycles. The molecule has 0 aromatic carbocycles. The summed E-state index contributed by atoms with van der Waals surface area (Å²) in [5, 5.41) is 9.67. The summed E-state index contributed by atoms with van der Waals surface area (Å²) in [6.45, 7) is 4.86. The van der Waals surface area contributed by atoms with Gasteiger partial charge >= 0.3 is 17.9 Å². The van der Waals surface area contributed by atoms with Crippen LogP contribution < -0.4 is 0 Å². The molecule has 1 N–H and O–H groups in total. The maximum absolute atomic E-state index is 12.8. The van der Waals surface area contributed by atoms with Crippen LogP contribution >= 0.6 is 0 Å². The Morgan fingerprint density at radius 1 is 0.476 bits per heavy atom. The van der Waals surface area contributed by atoms with Crippen molar-refractivity contribution in [3.05, 3.63) is 36.5 Å². The Morgan fingerprint density at radius 3 is 1.27 bits per heavy atom. The molecule has 0 heterocycles. The van der Waals surface area contributed by atoms with E-state index in [-0.39, 0.29) is 32.2 Å². The summed E-state index contributed by atoms with van der Waals surface area (Å²) in [7, 11) is 5.96. The van der Waals surface area contributed by atoms with Crippen LogP contribution in [0.3, 0.4) is 0 Å². The number of unbranched alkanes of at least 4 members (excludes halogenated alkanes) is 27. The molecule has 0 spiro atoms. The summed E-state index contributed by atoms with van der Waals surface area (Å²) in [4.78, 5) is 37.3. The van der Waals surface area contributed by atoms with Crippen LogP contribution in [0.15, 0.2) is 36.5 Å². The highest BCUT2D eigenvalue weighted by Gasteiger charge is 2.25. The van der Waals surface area contributed by atoms with Gasteiger partial charge in [-0.1, -0.05) is 185 Å². The molecule has 0 aliphatic heterocycles. The number of allylic oxidation sites excluding steroid dienone is 6. The quantitative estimate of drug-likeness (QED) is 0.0212. The van der Waals surface area contributed by atoms with E-state index >= 15 is 0 Å². The van der Waals surface area contributed by atoms with Crippen LogP contribution in [0.1, 0.15) is 232 Å². The lowest BCUT2D eigenvalue weighted by Gasteiger charge is -2.25. The van der Waals surface area contributed by atoms with Crippen LogP contribution in [0.5, 0.6) is 0 Å². The van der Waals surface area contributed by atoms with Gasteiger partial charge < -0.3 is 28.5 Å². The van der Waals surface area contributed by atoms with Gasteiger partial charge in [0.2, 0.25) is 0 Å². The van der Waals surface area contributed by atoms with Gasteiger partial charge in [0.05, 0.1) is 34.4 Å². The number of hydrogen-bond donors (Lipinski definition) is 1. The van der Waals surface area contributed by atoms with Gasteiger partial charge in [-0.15, -0.1) is 0 Å². The van der Waals surface area contributed by atoms with Crippen LogP contribution in [-0.2, 0) is 33.3 Å². The molecule has 2 unspecified atom stereocenters. The fraction of sp³-hybridized carbons (Fsp3) is 0.833. The molecule has 0 bridgehead atoms. The number of carbonyl (C=O) groups is 3. The number of ether oxygens (including phenoxy) is 4. The summed E-state index contributed by atoms with van der Waals surface area (Å²) >= 11 is 0. The Kier molecular flexibility index (Phi) is 44.2.